The van der Waals surface area contributed by atoms with Crippen LogP contribution in [0.2, 0.25) is 0 Å². The molecule has 0 saturated heterocycles. The van der Waals surface area contributed by atoms with Gasteiger partial charge in [0.05, 0.1) is 4.90 Å². The number of anilines is 1. The molecule has 0 unspecified atom stereocenters. The van der Waals surface area contributed by atoms with Crippen LogP contribution in [-0.2, 0) is 10.0 Å². The summed E-state index contributed by atoms with van der Waals surface area (Å²) in [6.07, 6.45) is 0. The van der Waals surface area contributed by atoms with E-state index >= 15 is 0 Å². The molecule has 7 nitrogen and oxygen atoms in total. The topological polar surface area (TPSA) is 90.7 Å². The quantitative estimate of drug-likeness (QED) is 0.770. The minimum absolute atomic E-state index is 0.137. The van der Waals surface area contributed by atoms with Gasteiger partial charge in [-0.15, -0.1) is 0 Å². The number of nitrogens with zero attached hydrogens (tertiary/aromatic N) is 1. The molecular weight excluding hydrogens is 344 g/mol. The molecule has 4 rings (SSSR count). The molecule has 0 bridgehead atoms. The van der Waals surface area contributed by atoms with Gasteiger partial charge in [-0.3, -0.25) is 4.72 Å². The number of hydrogen-bond donors (Lipinski definition) is 1. The van der Waals surface area contributed by atoms with Crippen LogP contribution in [0.3, 0.4) is 0 Å². The van der Waals surface area contributed by atoms with Crippen LogP contribution in [0.5, 0.6) is 11.5 Å². The van der Waals surface area contributed by atoms with Crippen molar-refractivity contribution < 1.29 is 22.4 Å². The van der Waals surface area contributed by atoms with Crippen molar-refractivity contribution in [1.29, 1.82) is 0 Å². The summed E-state index contributed by atoms with van der Waals surface area (Å²) >= 11 is 0. The van der Waals surface area contributed by atoms with E-state index in [0.717, 1.165) is 11.1 Å². The van der Waals surface area contributed by atoms with E-state index in [4.69, 9.17) is 14.0 Å². The third kappa shape index (κ3) is 3.03. The zero-order chi connectivity index (χ0) is 17.4. The highest BCUT2D eigenvalue weighted by Crippen LogP contribution is 2.36. The third-order valence-corrected chi connectivity index (χ3v) is 5.11. The molecule has 0 fully saturated rings. The first-order chi connectivity index (χ1) is 12.0. The molecule has 25 heavy (non-hydrogen) atoms. The monoisotopic (exact) mass is 358 g/mol. The molecule has 2 aromatic carbocycles. The van der Waals surface area contributed by atoms with Crippen molar-refractivity contribution in [3.63, 3.8) is 0 Å². The van der Waals surface area contributed by atoms with Crippen molar-refractivity contribution >= 4 is 15.8 Å². The van der Waals surface area contributed by atoms with Crippen LogP contribution < -0.4 is 14.2 Å². The van der Waals surface area contributed by atoms with E-state index in [-0.39, 0.29) is 17.5 Å². The van der Waals surface area contributed by atoms with Crippen LogP contribution in [0.4, 0.5) is 5.82 Å². The lowest BCUT2D eigenvalue weighted by Crippen LogP contribution is -2.13. The molecule has 1 aliphatic rings. The summed E-state index contributed by atoms with van der Waals surface area (Å²) in [5.41, 5.74) is 1.78. The van der Waals surface area contributed by atoms with Crippen molar-refractivity contribution in [3.05, 3.63) is 54.3 Å². The first-order valence-electron chi connectivity index (χ1n) is 7.47. The number of aromatic nitrogens is 1. The van der Waals surface area contributed by atoms with Gasteiger partial charge < -0.3 is 14.0 Å². The third-order valence-electron chi connectivity index (χ3n) is 3.74. The summed E-state index contributed by atoms with van der Waals surface area (Å²) < 4.78 is 42.7. The maximum atomic E-state index is 12.4. The summed E-state index contributed by atoms with van der Waals surface area (Å²) in [4.78, 5) is 0.137. The van der Waals surface area contributed by atoms with E-state index in [1.807, 2.05) is 18.2 Å². The van der Waals surface area contributed by atoms with Gasteiger partial charge in [0.2, 0.25) is 6.79 Å². The molecule has 0 aliphatic carbocycles. The molecule has 8 heteroatoms. The maximum absolute atomic E-state index is 12.4. The zero-order valence-electron chi connectivity index (χ0n) is 13.2. The van der Waals surface area contributed by atoms with Gasteiger partial charge in [-0.25, -0.2) is 8.42 Å². The SMILES string of the molecule is Cc1cc(NS(=O)(=O)c2ccc(-c3ccc4c(c3)OCO4)cc2)no1. The minimum Gasteiger partial charge on any atom is -0.454 e. The van der Waals surface area contributed by atoms with Crippen LogP contribution in [0, 0.1) is 6.92 Å². The van der Waals surface area contributed by atoms with Crippen LogP contribution in [-0.4, -0.2) is 20.4 Å². The van der Waals surface area contributed by atoms with Gasteiger partial charge in [0.15, 0.2) is 17.3 Å². The summed E-state index contributed by atoms with van der Waals surface area (Å²) in [6, 6.07) is 13.6. The first-order valence-corrected chi connectivity index (χ1v) is 8.96. The second-order valence-electron chi connectivity index (χ2n) is 5.52. The summed E-state index contributed by atoms with van der Waals surface area (Å²) in [5.74, 6) is 2.06. The molecule has 2 heterocycles. The highest BCUT2D eigenvalue weighted by Gasteiger charge is 2.17. The Morgan fingerprint density at radius 2 is 1.68 bits per heavy atom. The van der Waals surface area contributed by atoms with Gasteiger partial charge in [-0.1, -0.05) is 23.4 Å². The lowest BCUT2D eigenvalue weighted by atomic mass is 10.1. The summed E-state index contributed by atoms with van der Waals surface area (Å²) in [7, 11) is -3.73. The van der Waals surface area contributed by atoms with Gasteiger partial charge in [0.1, 0.15) is 5.76 Å². The highest BCUT2D eigenvalue weighted by molar-refractivity contribution is 7.92. The highest BCUT2D eigenvalue weighted by atomic mass is 32.2. The standard InChI is InChI=1S/C17H14N2O5S/c1-11-8-17(18-24-11)19-25(20,21)14-5-2-12(3-6-14)13-4-7-15-16(9-13)23-10-22-15/h2-9H,10H2,1H3,(H,18,19). The predicted molar refractivity (Wildman–Crippen MR) is 90.0 cm³/mol. The minimum atomic E-state index is -3.73. The Balaban J connectivity index is 1.59. The number of nitrogens with one attached hydrogen (secondary N) is 1. The number of aryl methyl sites for hydroxylation is 1. The smallest absolute Gasteiger partial charge is 0.263 e. The Bertz CT molecular complexity index is 1030. The predicted octanol–water partition coefficient (Wildman–Crippen LogP) is 3.18. The molecule has 1 aliphatic heterocycles. The molecule has 1 N–H and O–H groups in total. The molecule has 0 spiro atoms. The Morgan fingerprint density at radius 3 is 2.40 bits per heavy atom. The Kier molecular flexibility index (Phi) is 3.61. The van der Waals surface area contributed by atoms with E-state index in [1.54, 1.807) is 19.1 Å². The van der Waals surface area contributed by atoms with Gasteiger partial charge in [-0.2, -0.15) is 0 Å². The number of benzene rings is 2. The van der Waals surface area contributed by atoms with Crippen LogP contribution in [0.25, 0.3) is 11.1 Å². The van der Waals surface area contributed by atoms with E-state index in [0.29, 0.717) is 17.3 Å². The average molecular weight is 358 g/mol. The molecule has 128 valence electrons. The molecule has 0 atom stereocenters. The molecule has 3 aromatic rings. The van der Waals surface area contributed by atoms with E-state index in [1.165, 1.54) is 18.2 Å². The first kappa shape index (κ1) is 15.5. The number of rotatable bonds is 4. The largest absolute Gasteiger partial charge is 0.454 e. The van der Waals surface area contributed by atoms with E-state index in [2.05, 4.69) is 9.88 Å². The fraction of sp³-hybridized carbons (Fsp3) is 0.118. The molecule has 0 saturated carbocycles. The number of fused-ring (bicyclic) bond motifs is 1. The number of ether oxygens (including phenoxy) is 2. The van der Waals surface area contributed by atoms with Gasteiger partial charge in [-0.05, 0) is 42.3 Å². The normalized spacial score (nSPS) is 13.0. The van der Waals surface area contributed by atoms with Crippen molar-refractivity contribution in [2.75, 3.05) is 11.5 Å². The summed E-state index contributed by atoms with van der Waals surface area (Å²) in [6.45, 7) is 1.90. The fourth-order valence-corrected chi connectivity index (χ4v) is 3.50. The van der Waals surface area contributed by atoms with Gasteiger partial charge in [0, 0.05) is 6.07 Å². The van der Waals surface area contributed by atoms with Crippen molar-refractivity contribution in [2.45, 2.75) is 11.8 Å². The maximum Gasteiger partial charge on any atom is 0.263 e. The van der Waals surface area contributed by atoms with E-state index in [9.17, 15) is 8.42 Å². The Labute approximate surface area is 144 Å². The molecule has 0 amide bonds. The van der Waals surface area contributed by atoms with Crippen molar-refractivity contribution in [3.8, 4) is 22.6 Å². The Hall–Kier alpha value is -3.00. The average Bonchev–Trinajstić information content (AvgIpc) is 3.22. The van der Waals surface area contributed by atoms with Gasteiger partial charge >= 0.3 is 0 Å². The summed E-state index contributed by atoms with van der Waals surface area (Å²) in [5, 5.41) is 3.63. The second kappa shape index (κ2) is 5.82. The van der Waals surface area contributed by atoms with Crippen LogP contribution in [0.1, 0.15) is 5.76 Å². The van der Waals surface area contributed by atoms with Crippen LogP contribution >= 0.6 is 0 Å². The number of hydrogen-bond acceptors (Lipinski definition) is 6. The molecule has 1 aromatic heterocycles. The molecule has 0 radical (unpaired) electrons. The lowest BCUT2D eigenvalue weighted by molar-refractivity contribution is 0.174. The van der Waals surface area contributed by atoms with Gasteiger partial charge in [0.25, 0.3) is 10.0 Å². The van der Waals surface area contributed by atoms with Crippen molar-refractivity contribution in [1.82, 2.24) is 5.16 Å². The fourth-order valence-electron chi connectivity index (χ4n) is 2.51. The van der Waals surface area contributed by atoms with Crippen LogP contribution in [0.15, 0.2) is 57.9 Å². The van der Waals surface area contributed by atoms with Crippen molar-refractivity contribution in [2.24, 2.45) is 0 Å². The number of sulfonamides is 1. The lowest BCUT2D eigenvalue weighted by Gasteiger charge is -2.07. The molecular formula is C17H14N2O5S. The zero-order valence-corrected chi connectivity index (χ0v) is 14.0. The Morgan fingerprint density at radius 1 is 0.960 bits per heavy atom. The van der Waals surface area contributed by atoms with E-state index < -0.39 is 10.0 Å². The second-order valence-corrected chi connectivity index (χ2v) is 7.20.